The van der Waals surface area contributed by atoms with Crippen LogP contribution in [-0.4, -0.2) is 9.97 Å². The topological polar surface area (TPSA) is 27.8 Å². The second-order valence-corrected chi connectivity index (χ2v) is 3.31. The fraction of sp³-hybridized carbons (Fsp3) is 0. The molecule has 0 spiro atoms. The number of aromatic nitrogens is 1. The molecule has 2 rings (SSSR count). The Bertz CT molecular complexity index is 406. The molecule has 0 saturated heterocycles. The molecule has 0 radical (unpaired) electrons. The van der Waals surface area contributed by atoms with Crippen molar-refractivity contribution in [3.05, 3.63) is 54.4 Å². The molecule has 1 aromatic heterocycles. The molecule has 2 nitrogen and oxygen atoms in total. The van der Waals surface area contributed by atoms with Gasteiger partial charge in [0.25, 0.3) is 0 Å². The van der Waals surface area contributed by atoms with Gasteiger partial charge in [-0.1, -0.05) is 30.4 Å². The van der Waals surface area contributed by atoms with Crippen LogP contribution in [0, 0.1) is 0 Å². The maximum absolute atomic E-state index is 5.21. The highest BCUT2D eigenvalue weighted by molar-refractivity contribution is 7.81. The van der Waals surface area contributed by atoms with E-state index in [1.807, 2.05) is 48.7 Å². The van der Waals surface area contributed by atoms with Crippen LogP contribution in [0.1, 0.15) is 5.69 Å². The molecule has 3 heteroatoms. The lowest BCUT2D eigenvalue weighted by Gasteiger charge is -2.05. The normalized spacial score (nSPS) is 9.71. The van der Waals surface area contributed by atoms with E-state index >= 15 is 0 Å². The van der Waals surface area contributed by atoms with Crippen molar-refractivity contribution in [3.63, 3.8) is 0 Å². The second kappa shape index (κ2) is 4.07. The second-order valence-electron chi connectivity index (χ2n) is 2.90. The molecule has 1 heterocycles. The van der Waals surface area contributed by atoms with E-state index in [0.29, 0.717) is 4.99 Å². The first-order valence-corrected chi connectivity index (χ1v) is 4.77. The molecule has 0 saturated carbocycles. The van der Waals surface area contributed by atoms with Gasteiger partial charge in [0, 0.05) is 11.9 Å². The maximum Gasteiger partial charge on any atom is 0.127 e. The number of benzene rings is 1. The third kappa shape index (κ3) is 2.00. The van der Waals surface area contributed by atoms with E-state index < -0.39 is 0 Å². The summed E-state index contributed by atoms with van der Waals surface area (Å²) in [5.41, 5.74) is 1.94. The van der Waals surface area contributed by atoms with Gasteiger partial charge in [0.1, 0.15) is 4.99 Å². The van der Waals surface area contributed by atoms with Crippen LogP contribution in [0.5, 0.6) is 0 Å². The summed E-state index contributed by atoms with van der Waals surface area (Å²) in [7, 11) is 0. The van der Waals surface area contributed by atoms with Crippen LogP contribution in [0.15, 0.2) is 48.7 Å². The number of H-pyrrole nitrogens is 1. The van der Waals surface area contributed by atoms with Crippen molar-refractivity contribution in [3.8, 4) is 0 Å². The van der Waals surface area contributed by atoms with Crippen molar-refractivity contribution >= 4 is 22.9 Å². The summed E-state index contributed by atoms with van der Waals surface area (Å²) in [5, 5.41) is 3.14. The Morgan fingerprint density at radius 3 is 2.50 bits per heavy atom. The molecule has 0 atom stereocenters. The van der Waals surface area contributed by atoms with E-state index in [1.165, 1.54) is 0 Å². The van der Waals surface area contributed by atoms with Crippen molar-refractivity contribution < 1.29 is 0 Å². The molecule has 0 bridgehead atoms. The predicted molar refractivity (Wildman–Crippen MR) is 62.6 cm³/mol. The van der Waals surface area contributed by atoms with Gasteiger partial charge in [0.05, 0.1) is 5.69 Å². The summed E-state index contributed by atoms with van der Waals surface area (Å²) in [6, 6.07) is 13.7. The molecular weight excluding hydrogens is 192 g/mol. The third-order valence-corrected chi connectivity index (χ3v) is 2.20. The Labute approximate surface area is 88.0 Å². The largest absolute Gasteiger partial charge is 0.359 e. The SMILES string of the molecule is S=C(Nc1ccccc1)c1ccc[nH]1. The summed E-state index contributed by atoms with van der Waals surface area (Å²) in [5.74, 6) is 0. The number of rotatable bonds is 2. The first kappa shape index (κ1) is 8.97. The molecule has 0 fully saturated rings. The highest BCUT2D eigenvalue weighted by Gasteiger charge is 2.00. The summed E-state index contributed by atoms with van der Waals surface area (Å²) < 4.78 is 0. The Balaban J connectivity index is 2.10. The summed E-state index contributed by atoms with van der Waals surface area (Å²) in [6.45, 7) is 0. The number of anilines is 1. The van der Waals surface area contributed by atoms with Crippen LogP contribution in [0.25, 0.3) is 0 Å². The highest BCUT2D eigenvalue weighted by Crippen LogP contribution is 2.07. The molecule has 14 heavy (non-hydrogen) atoms. The van der Waals surface area contributed by atoms with Crippen molar-refractivity contribution in [1.29, 1.82) is 0 Å². The van der Waals surface area contributed by atoms with E-state index in [9.17, 15) is 0 Å². The fourth-order valence-electron chi connectivity index (χ4n) is 1.19. The van der Waals surface area contributed by atoms with Gasteiger partial charge in [-0.3, -0.25) is 0 Å². The summed E-state index contributed by atoms with van der Waals surface area (Å²) in [6.07, 6.45) is 1.86. The van der Waals surface area contributed by atoms with E-state index in [-0.39, 0.29) is 0 Å². The standard InChI is InChI=1S/C11H10N2S/c14-11(10-7-4-8-12-10)13-9-5-2-1-3-6-9/h1-8,12H,(H,13,14). The van der Waals surface area contributed by atoms with Gasteiger partial charge in [0.15, 0.2) is 0 Å². The molecule has 0 aliphatic heterocycles. The zero-order valence-electron chi connectivity index (χ0n) is 7.53. The lowest BCUT2D eigenvalue weighted by Crippen LogP contribution is -2.10. The van der Waals surface area contributed by atoms with E-state index in [0.717, 1.165) is 11.4 Å². The average Bonchev–Trinajstić information content (AvgIpc) is 2.72. The molecular formula is C11H10N2S. The highest BCUT2D eigenvalue weighted by atomic mass is 32.1. The molecule has 2 N–H and O–H groups in total. The third-order valence-electron chi connectivity index (χ3n) is 1.87. The summed E-state index contributed by atoms with van der Waals surface area (Å²) >= 11 is 5.21. The number of nitrogens with one attached hydrogen (secondary N) is 2. The first-order chi connectivity index (χ1) is 6.86. The number of hydrogen-bond acceptors (Lipinski definition) is 1. The van der Waals surface area contributed by atoms with E-state index in [2.05, 4.69) is 10.3 Å². The minimum atomic E-state index is 0.709. The zero-order valence-corrected chi connectivity index (χ0v) is 8.34. The number of hydrogen-bond donors (Lipinski definition) is 2. The van der Waals surface area contributed by atoms with Crippen LogP contribution in [0.2, 0.25) is 0 Å². The van der Waals surface area contributed by atoms with Gasteiger partial charge in [0.2, 0.25) is 0 Å². The van der Waals surface area contributed by atoms with Crippen molar-refractivity contribution in [2.75, 3.05) is 5.32 Å². The van der Waals surface area contributed by atoms with Crippen molar-refractivity contribution in [2.45, 2.75) is 0 Å². The zero-order chi connectivity index (χ0) is 9.80. The monoisotopic (exact) mass is 202 g/mol. The number of para-hydroxylation sites is 1. The predicted octanol–water partition coefficient (Wildman–Crippen LogP) is 2.80. The fourth-order valence-corrected chi connectivity index (χ4v) is 1.44. The van der Waals surface area contributed by atoms with Gasteiger partial charge in [-0.25, -0.2) is 0 Å². The molecule has 1 aromatic carbocycles. The lowest BCUT2D eigenvalue weighted by molar-refractivity contribution is 1.38. The van der Waals surface area contributed by atoms with Gasteiger partial charge in [-0.05, 0) is 24.3 Å². The minimum absolute atomic E-state index is 0.709. The Morgan fingerprint density at radius 2 is 1.86 bits per heavy atom. The molecule has 2 aromatic rings. The van der Waals surface area contributed by atoms with Gasteiger partial charge < -0.3 is 10.3 Å². The average molecular weight is 202 g/mol. The molecule has 0 aliphatic rings. The number of thiocarbonyl (C=S) groups is 1. The van der Waals surface area contributed by atoms with Gasteiger partial charge in [-0.15, -0.1) is 0 Å². The minimum Gasteiger partial charge on any atom is -0.359 e. The van der Waals surface area contributed by atoms with Gasteiger partial charge >= 0.3 is 0 Å². The van der Waals surface area contributed by atoms with Crippen molar-refractivity contribution in [1.82, 2.24) is 4.98 Å². The first-order valence-electron chi connectivity index (χ1n) is 4.36. The molecule has 0 aliphatic carbocycles. The van der Waals surface area contributed by atoms with Crippen LogP contribution in [-0.2, 0) is 0 Å². The Hall–Kier alpha value is -1.61. The Morgan fingerprint density at radius 1 is 1.07 bits per heavy atom. The van der Waals surface area contributed by atoms with Gasteiger partial charge in [-0.2, -0.15) is 0 Å². The van der Waals surface area contributed by atoms with Crippen LogP contribution < -0.4 is 5.32 Å². The van der Waals surface area contributed by atoms with Crippen LogP contribution in [0.4, 0.5) is 5.69 Å². The van der Waals surface area contributed by atoms with E-state index in [1.54, 1.807) is 0 Å². The molecule has 70 valence electrons. The van der Waals surface area contributed by atoms with Crippen LogP contribution in [0.3, 0.4) is 0 Å². The lowest BCUT2D eigenvalue weighted by atomic mass is 10.3. The summed E-state index contributed by atoms with van der Waals surface area (Å²) in [4.78, 5) is 3.76. The quantitative estimate of drug-likeness (QED) is 0.733. The number of aromatic amines is 1. The Kier molecular flexibility index (Phi) is 2.60. The van der Waals surface area contributed by atoms with Crippen molar-refractivity contribution in [2.24, 2.45) is 0 Å². The maximum atomic E-state index is 5.21. The van der Waals surface area contributed by atoms with Crippen LogP contribution >= 0.6 is 12.2 Å². The smallest absolute Gasteiger partial charge is 0.127 e. The molecule has 0 unspecified atom stereocenters. The van der Waals surface area contributed by atoms with E-state index in [4.69, 9.17) is 12.2 Å². The molecule has 0 amide bonds.